The Balaban J connectivity index is 3.87. The summed E-state index contributed by atoms with van der Waals surface area (Å²) in [5, 5.41) is 32.8. The van der Waals surface area contributed by atoms with Crippen LogP contribution >= 0.6 is 0 Å². The minimum Gasteiger partial charge on any atom is -0.394 e. The molecule has 0 aliphatic rings. The van der Waals surface area contributed by atoms with Crippen LogP contribution in [0.25, 0.3) is 0 Å². The van der Waals surface area contributed by atoms with Crippen molar-refractivity contribution >= 4 is 5.91 Å². The van der Waals surface area contributed by atoms with Crippen LogP contribution in [0.2, 0.25) is 0 Å². The van der Waals surface area contributed by atoms with E-state index in [1.807, 2.05) is 12.2 Å². The first-order valence-electron chi connectivity index (χ1n) is 19.6. The van der Waals surface area contributed by atoms with Gasteiger partial charge in [0, 0.05) is 0 Å². The van der Waals surface area contributed by atoms with E-state index in [4.69, 9.17) is 0 Å². The van der Waals surface area contributed by atoms with E-state index >= 15 is 0 Å². The largest absolute Gasteiger partial charge is 0.394 e. The number of unbranched alkanes of at least 4 members (excludes halogenated alkanes) is 19. The highest BCUT2D eigenvalue weighted by Crippen LogP contribution is 2.12. The summed E-state index contributed by atoms with van der Waals surface area (Å²) in [6, 6.07) is -0.799. The van der Waals surface area contributed by atoms with Crippen molar-refractivity contribution in [3.05, 3.63) is 60.8 Å². The van der Waals surface area contributed by atoms with Crippen molar-refractivity contribution in [2.75, 3.05) is 6.61 Å². The lowest BCUT2D eigenvalue weighted by Gasteiger charge is -2.20. The number of carbonyl (C=O) groups is 1. The molecule has 272 valence electrons. The Labute approximate surface area is 290 Å². The lowest BCUT2D eigenvalue weighted by Crippen LogP contribution is -2.45. The molecule has 4 N–H and O–H groups in total. The smallest absolute Gasteiger partial charge is 0.223 e. The number of aliphatic hydroxyl groups excluding tert-OH is 3. The molecule has 3 atom stereocenters. The van der Waals surface area contributed by atoms with Gasteiger partial charge in [0.1, 0.15) is 0 Å². The van der Waals surface area contributed by atoms with Crippen LogP contribution in [-0.4, -0.2) is 46.1 Å². The highest BCUT2D eigenvalue weighted by Gasteiger charge is 2.19. The third kappa shape index (κ3) is 33.7. The molecular weight excluding hydrogens is 582 g/mol. The van der Waals surface area contributed by atoms with E-state index in [9.17, 15) is 20.1 Å². The Hall–Kier alpha value is -1.95. The van der Waals surface area contributed by atoms with E-state index in [0.29, 0.717) is 0 Å². The molecule has 0 aliphatic heterocycles. The zero-order valence-electron chi connectivity index (χ0n) is 30.6. The fourth-order valence-corrected chi connectivity index (χ4v) is 5.49. The molecule has 5 nitrogen and oxygen atoms in total. The number of nitrogens with one attached hydrogen (secondary N) is 1. The van der Waals surface area contributed by atoms with Crippen molar-refractivity contribution in [1.29, 1.82) is 0 Å². The van der Waals surface area contributed by atoms with E-state index < -0.39 is 24.2 Å². The topological polar surface area (TPSA) is 89.8 Å². The first kappa shape index (κ1) is 45.0. The molecule has 0 fully saturated rings. The van der Waals surface area contributed by atoms with Gasteiger partial charge in [-0.15, -0.1) is 0 Å². The van der Waals surface area contributed by atoms with Gasteiger partial charge in [0.2, 0.25) is 5.91 Å². The van der Waals surface area contributed by atoms with Gasteiger partial charge in [-0.05, 0) is 57.8 Å². The van der Waals surface area contributed by atoms with Gasteiger partial charge in [0.15, 0.2) is 0 Å². The van der Waals surface area contributed by atoms with Crippen molar-refractivity contribution in [2.45, 2.75) is 193 Å². The molecule has 0 aromatic rings. The monoisotopic (exact) mass is 658 g/mol. The number of hydrogen-bond acceptors (Lipinski definition) is 4. The molecular formula is C42H75NO4. The second kappa shape index (κ2) is 36.9. The standard InChI is InChI=1S/C42H75NO4/c1-3-5-7-9-11-13-15-16-17-18-19-20-21-22-23-24-26-28-30-32-34-36-41(46)40(38-44)43-42(47)37-39(45)35-33-31-29-27-25-14-12-10-8-6-4-2/h21-22,26-29,33-36,39-41,44-46H,3-20,23-25,30-32,37-38H2,1-2H3,(H,43,47)/b22-21+,28-26+,29-27-,35-33-,36-34+. The maximum Gasteiger partial charge on any atom is 0.223 e. The first-order valence-corrected chi connectivity index (χ1v) is 19.6. The van der Waals surface area contributed by atoms with Crippen LogP contribution in [0.4, 0.5) is 0 Å². The lowest BCUT2D eigenvalue weighted by molar-refractivity contribution is -0.124. The van der Waals surface area contributed by atoms with Gasteiger partial charge in [-0.2, -0.15) is 0 Å². The van der Waals surface area contributed by atoms with E-state index in [0.717, 1.165) is 38.5 Å². The molecule has 0 saturated carbocycles. The maximum absolute atomic E-state index is 12.3. The predicted octanol–water partition coefficient (Wildman–Crippen LogP) is 10.8. The van der Waals surface area contributed by atoms with Crippen LogP contribution < -0.4 is 5.32 Å². The van der Waals surface area contributed by atoms with Crippen molar-refractivity contribution < 1.29 is 20.1 Å². The van der Waals surface area contributed by atoms with Crippen LogP contribution in [0.3, 0.4) is 0 Å². The Bertz CT molecular complexity index is 815. The highest BCUT2D eigenvalue weighted by molar-refractivity contribution is 5.77. The second-order valence-corrected chi connectivity index (χ2v) is 13.2. The molecule has 0 aliphatic carbocycles. The fourth-order valence-electron chi connectivity index (χ4n) is 5.49. The van der Waals surface area contributed by atoms with Crippen molar-refractivity contribution in [3.8, 4) is 0 Å². The van der Waals surface area contributed by atoms with Gasteiger partial charge in [-0.1, -0.05) is 171 Å². The maximum atomic E-state index is 12.3. The zero-order chi connectivity index (χ0) is 34.5. The summed E-state index contributed by atoms with van der Waals surface area (Å²) in [6.07, 6.45) is 48.1. The van der Waals surface area contributed by atoms with Gasteiger partial charge in [-0.3, -0.25) is 4.79 Å². The minimum absolute atomic E-state index is 0.107. The normalized spacial score (nSPS) is 14.4. The molecule has 0 aromatic carbocycles. The van der Waals surface area contributed by atoms with Crippen molar-refractivity contribution in [2.24, 2.45) is 0 Å². The summed E-state index contributed by atoms with van der Waals surface area (Å²) < 4.78 is 0. The average Bonchev–Trinajstić information content (AvgIpc) is 3.06. The van der Waals surface area contributed by atoms with Gasteiger partial charge >= 0.3 is 0 Å². The summed E-state index contributed by atoms with van der Waals surface area (Å²) in [5.74, 6) is -0.400. The molecule has 1 amide bonds. The Morgan fingerprint density at radius 3 is 1.45 bits per heavy atom. The van der Waals surface area contributed by atoms with E-state index in [-0.39, 0.29) is 13.0 Å². The third-order valence-electron chi connectivity index (χ3n) is 8.51. The molecule has 0 saturated heterocycles. The van der Waals surface area contributed by atoms with Gasteiger partial charge in [0.25, 0.3) is 0 Å². The SMILES string of the molecule is CCCCCCCC/C=C\C/C=C\C(O)CC(=O)NC(CO)C(O)/C=C/CC/C=C/CC/C=C/CCCCCCCCCCCCC. The quantitative estimate of drug-likeness (QED) is 0.0409. The van der Waals surface area contributed by atoms with Crippen LogP contribution in [0.5, 0.6) is 0 Å². The van der Waals surface area contributed by atoms with Gasteiger partial charge in [-0.25, -0.2) is 0 Å². The molecule has 0 rings (SSSR count). The minimum atomic E-state index is -0.983. The molecule has 0 spiro atoms. The van der Waals surface area contributed by atoms with Crippen LogP contribution in [0, 0.1) is 0 Å². The predicted molar refractivity (Wildman–Crippen MR) is 204 cm³/mol. The number of hydrogen-bond donors (Lipinski definition) is 4. The van der Waals surface area contributed by atoms with Gasteiger partial charge < -0.3 is 20.6 Å². The Morgan fingerprint density at radius 2 is 0.957 bits per heavy atom. The molecule has 5 heteroatoms. The number of amides is 1. The summed E-state index contributed by atoms with van der Waals surface area (Å²) >= 11 is 0. The summed E-state index contributed by atoms with van der Waals surface area (Å²) in [6.45, 7) is 4.13. The molecule has 0 bridgehead atoms. The molecule has 0 radical (unpaired) electrons. The van der Waals surface area contributed by atoms with Crippen molar-refractivity contribution in [3.63, 3.8) is 0 Å². The van der Waals surface area contributed by atoms with Gasteiger partial charge in [0.05, 0.1) is 31.3 Å². The van der Waals surface area contributed by atoms with Crippen LogP contribution in [0.1, 0.15) is 174 Å². The molecule has 3 unspecified atom stereocenters. The summed E-state index contributed by atoms with van der Waals surface area (Å²) in [7, 11) is 0. The molecule has 47 heavy (non-hydrogen) atoms. The van der Waals surface area contributed by atoms with Crippen molar-refractivity contribution in [1.82, 2.24) is 5.32 Å². The summed E-state index contributed by atoms with van der Waals surface area (Å²) in [4.78, 5) is 12.3. The molecule has 0 heterocycles. The lowest BCUT2D eigenvalue weighted by atomic mass is 10.1. The number of carbonyl (C=O) groups excluding carboxylic acids is 1. The van der Waals surface area contributed by atoms with Crippen LogP contribution in [-0.2, 0) is 4.79 Å². The second-order valence-electron chi connectivity index (χ2n) is 13.2. The van der Waals surface area contributed by atoms with Crippen LogP contribution in [0.15, 0.2) is 60.8 Å². The summed E-state index contributed by atoms with van der Waals surface area (Å²) in [5.41, 5.74) is 0. The zero-order valence-corrected chi connectivity index (χ0v) is 30.6. The Kier molecular flexibility index (Phi) is 35.3. The Morgan fingerprint density at radius 1 is 0.532 bits per heavy atom. The third-order valence-corrected chi connectivity index (χ3v) is 8.51. The number of rotatable bonds is 34. The highest BCUT2D eigenvalue weighted by atomic mass is 16.3. The number of allylic oxidation sites excluding steroid dienone is 8. The first-order chi connectivity index (χ1) is 23.0. The van der Waals surface area contributed by atoms with E-state index in [1.54, 1.807) is 12.2 Å². The fraction of sp³-hybridized carbons (Fsp3) is 0.738. The molecule has 0 aromatic heterocycles. The number of aliphatic hydroxyl groups is 3. The van der Waals surface area contributed by atoms with E-state index in [1.165, 1.54) is 116 Å². The average molecular weight is 658 g/mol. The van der Waals surface area contributed by atoms with E-state index in [2.05, 4.69) is 55.6 Å².